The largest absolute Gasteiger partial charge is 0.504 e. The molecule has 0 aliphatic carbocycles. The van der Waals surface area contributed by atoms with Crippen molar-refractivity contribution in [1.82, 2.24) is 5.43 Å². The summed E-state index contributed by atoms with van der Waals surface area (Å²) in [5.41, 5.74) is 4.05. The van der Waals surface area contributed by atoms with Gasteiger partial charge in [-0.25, -0.2) is 0 Å². The lowest BCUT2D eigenvalue weighted by molar-refractivity contribution is 0.373. The zero-order chi connectivity index (χ0) is 15.9. The molecule has 0 heterocycles. The second kappa shape index (κ2) is 7.77. The number of benzene rings is 2. The van der Waals surface area contributed by atoms with Gasteiger partial charge in [0, 0.05) is 15.7 Å². The highest BCUT2D eigenvalue weighted by atomic mass is 79.9. The number of nitrogens with zero attached hydrogens (tertiary/aromatic N) is 1. The Labute approximate surface area is 142 Å². The quantitative estimate of drug-likeness (QED) is 0.431. The smallest absolute Gasteiger partial charge is 0.191 e. The second-order valence-corrected chi connectivity index (χ2v) is 5.56. The van der Waals surface area contributed by atoms with E-state index < -0.39 is 0 Å². The molecule has 2 aromatic carbocycles. The van der Waals surface area contributed by atoms with Gasteiger partial charge in [0.1, 0.15) is 0 Å². The molecule has 3 N–H and O–H groups in total. The Balaban J connectivity index is 2.01. The summed E-state index contributed by atoms with van der Waals surface area (Å²) in [7, 11) is 1.49. The molecule has 5 nitrogen and oxygen atoms in total. The molecule has 2 aromatic rings. The number of rotatable bonds is 4. The van der Waals surface area contributed by atoms with Crippen molar-refractivity contribution < 1.29 is 9.84 Å². The predicted octanol–water partition coefficient (Wildman–Crippen LogP) is 3.48. The molecular weight excluding hydrogens is 366 g/mol. The molecule has 0 fully saturated rings. The first kappa shape index (κ1) is 16.3. The molecule has 0 amide bonds. The van der Waals surface area contributed by atoms with Gasteiger partial charge in [-0.3, -0.25) is 5.43 Å². The molecule has 0 saturated heterocycles. The summed E-state index contributed by atoms with van der Waals surface area (Å²) in [4.78, 5) is 0. The molecule has 0 aromatic heterocycles. The minimum Gasteiger partial charge on any atom is -0.504 e. The van der Waals surface area contributed by atoms with Crippen molar-refractivity contribution in [2.24, 2.45) is 5.10 Å². The minimum atomic E-state index is 0.0122. The van der Waals surface area contributed by atoms with Gasteiger partial charge in [-0.1, -0.05) is 34.1 Å². The predicted molar refractivity (Wildman–Crippen MR) is 95.8 cm³/mol. The van der Waals surface area contributed by atoms with Crippen LogP contribution in [0.4, 0.5) is 5.69 Å². The number of ether oxygens (including phenoxy) is 1. The van der Waals surface area contributed by atoms with Crippen LogP contribution in [-0.4, -0.2) is 23.5 Å². The molecule has 22 heavy (non-hydrogen) atoms. The van der Waals surface area contributed by atoms with E-state index in [1.807, 2.05) is 30.3 Å². The average Bonchev–Trinajstić information content (AvgIpc) is 2.51. The molecule has 2 rings (SSSR count). The standard InChI is InChI=1S/C15H14BrN3O2S/c1-21-13-8-11(16)7-10(14(13)20)9-17-19-15(22)18-12-5-3-2-4-6-12/h2-9,20H,1H3,(H2,18,19,22)/b17-9-. The maximum atomic E-state index is 10.0. The molecule has 0 radical (unpaired) electrons. The number of phenolic OH excluding ortho intramolecular Hbond substituents is 1. The van der Waals surface area contributed by atoms with Crippen LogP contribution in [0.5, 0.6) is 11.5 Å². The van der Waals surface area contributed by atoms with Gasteiger partial charge in [-0.2, -0.15) is 5.10 Å². The van der Waals surface area contributed by atoms with Gasteiger partial charge in [0.25, 0.3) is 0 Å². The van der Waals surface area contributed by atoms with Gasteiger partial charge in [-0.15, -0.1) is 0 Å². The summed E-state index contributed by atoms with van der Waals surface area (Å²) >= 11 is 8.47. The number of thiocarbonyl (C=S) groups is 1. The number of hydrogen-bond acceptors (Lipinski definition) is 4. The Hall–Kier alpha value is -2.12. The number of hydrogen-bond donors (Lipinski definition) is 3. The van der Waals surface area contributed by atoms with E-state index in [0.717, 1.165) is 10.2 Å². The summed E-state index contributed by atoms with van der Waals surface area (Å²) in [6.45, 7) is 0. The first-order valence-corrected chi connectivity index (χ1v) is 7.52. The summed E-state index contributed by atoms with van der Waals surface area (Å²) in [6, 6.07) is 12.9. The number of nitrogens with one attached hydrogen (secondary N) is 2. The fraction of sp³-hybridized carbons (Fsp3) is 0.0667. The van der Waals surface area contributed by atoms with E-state index >= 15 is 0 Å². The highest BCUT2D eigenvalue weighted by molar-refractivity contribution is 9.10. The first-order chi connectivity index (χ1) is 10.6. The van der Waals surface area contributed by atoms with Crippen LogP contribution in [0.3, 0.4) is 0 Å². The molecule has 0 spiro atoms. The zero-order valence-corrected chi connectivity index (χ0v) is 14.1. The van der Waals surface area contributed by atoms with Crippen LogP contribution in [0.25, 0.3) is 0 Å². The van der Waals surface area contributed by atoms with E-state index in [2.05, 4.69) is 31.8 Å². The van der Waals surface area contributed by atoms with E-state index in [1.165, 1.54) is 13.3 Å². The van der Waals surface area contributed by atoms with Crippen LogP contribution in [0.1, 0.15) is 5.56 Å². The van der Waals surface area contributed by atoms with Gasteiger partial charge >= 0.3 is 0 Å². The number of hydrazone groups is 1. The number of para-hydroxylation sites is 1. The summed E-state index contributed by atoms with van der Waals surface area (Å²) in [5.74, 6) is 0.374. The van der Waals surface area contributed by atoms with Gasteiger partial charge in [0.15, 0.2) is 16.6 Å². The van der Waals surface area contributed by atoms with Crippen molar-refractivity contribution in [3.05, 3.63) is 52.5 Å². The van der Waals surface area contributed by atoms with Crippen LogP contribution >= 0.6 is 28.1 Å². The lowest BCUT2D eigenvalue weighted by Crippen LogP contribution is -2.23. The van der Waals surface area contributed by atoms with Crippen LogP contribution in [-0.2, 0) is 0 Å². The third-order valence-corrected chi connectivity index (χ3v) is 3.34. The molecule has 7 heteroatoms. The molecule has 0 unspecified atom stereocenters. The number of anilines is 1. The van der Waals surface area contributed by atoms with Crippen LogP contribution in [0.15, 0.2) is 52.0 Å². The van der Waals surface area contributed by atoms with Crippen LogP contribution < -0.4 is 15.5 Å². The topological polar surface area (TPSA) is 65.9 Å². The number of methoxy groups -OCH3 is 1. The van der Waals surface area contributed by atoms with Crippen molar-refractivity contribution in [3.8, 4) is 11.5 Å². The number of phenols is 1. The normalized spacial score (nSPS) is 10.5. The maximum absolute atomic E-state index is 10.0. The Morgan fingerprint density at radius 1 is 1.32 bits per heavy atom. The summed E-state index contributed by atoms with van der Waals surface area (Å²) in [5, 5.41) is 17.3. The maximum Gasteiger partial charge on any atom is 0.191 e. The molecule has 0 aliphatic heterocycles. The van der Waals surface area contributed by atoms with Crippen LogP contribution in [0, 0.1) is 0 Å². The molecule has 0 saturated carbocycles. The van der Waals surface area contributed by atoms with Crippen molar-refractivity contribution in [2.75, 3.05) is 12.4 Å². The highest BCUT2D eigenvalue weighted by Crippen LogP contribution is 2.32. The fourth-order valence-corrected chi connectivity index (χ4v) is 2.31. The van der Waals surface area contributed by atoms with Gasteiger partial charge in [-0.05, 0) is 36.5 Å². The monoisotopic (exact) mass is 379 g/mol. The molecular formula is C15H14BrN3O2S. The zero-order valence-electron chi connectivity index (χ0n) is 11.7. The molecule has 114 valence electrons. The lowest BCUT2D eigenvalue weighted by atomic mass is 10.2. The third-order valence-electron chi connectivity index (χ3n) is 2.69. The van der Waals surface area contributed by atoms with Crippen molar-refractivity contribution in [1.29, 1.82) is 0 Å². The number of aromatic hydroxyl groups is 1. The van der Waals surface area contributed by atoms with Crippen LogP contribution in [0.2, 0.25) is 0 Å². The highest BCUT2D eigenvalue weighted by Gasteiger charge is 2.08. The fourth-order valence-electron chi connectivity index (χ4n) is 1.69. The average molecular weight is 380 g/mol. The summed E-state index contributed by atoms with van der Waals surface area (Å²) in [6.07, 6.45) is 1.46. The van der Waals surface area contributed by atoms with Crippen molar-refractivity contribution in [3.63, 3.8) is 0 Å². The Morgan fingerprint density at radius 3 is 2.73 bits per heavy atom. The Morgan fingerprint density at radius 2 is 2.05 bits per heavy atom. The van der Waals surface area contributed by atoms with Gasteiger partial charge in [0.2, 0.25) is 0 Å². The van der Waals surface area contributed by atoms with E-state index in [4.69, 9.17) is 17.0 Å². The van der Waals surface area contributed by atoms with Crippen molar-refractivity contribution in [2.45, 2.75) is 0 Å². The Bertz CT molecular complexity index is 693. The third kappa shape index (κ3) is 4.44. The molecule has 0 atom stereocenters. The SMILES string of the molecule is COc1cc(Br)cc(/C=N\NC(=S)Nc2ccccc2)c1O. The number of halogens is 1. The van der Waals surface area contributed by atoms with Crippen molar-refractivity contribution >= 4 is 45.2 Å². The van der Waals surface area contributed by atoms with Gasteiger partial charge < -0.3 is 15.2 Å². The summed E-state index contributed by atoms with van der Waals surface area (Å²) < 4.78 is 5.84. The van der Waals surface area contributed by atoms with Gasteiger partial charge in [0.05, 0.1) is 13.3 Å². The van der Waals surface area contributed by atoms with E-state index in [9.17, 15) is 5.11 Å². The van der Waals surface area contributed by atoms with E-state index in [0.29, 0.717) is 16.4 Å². The second-order valence-electron chi connectivity index (χ2n) is 4.24. The lowest BCUT2D eigenvalue weighted by Gasteiger charge is -2.08. The minimum absolute atomic E-state index is 0.0122. The Kier molecular flexibility index (Phi) is 5.74. The first-order valence-electron chi connectivity index (χ1n) is 6.31. The molecule has 0 aliphatic rings. The van der Waals surface area contributed by atoms with E-state index in [-0.39, 0.29) is 5.75 Å². The molecule has 0 bridgehead atoms. The van der Waals surface area contributed by atoms with E-state index in [1.54, 1.807) is 12.1 Å².